The minimum Gasteiger partial charge on any atom is -0.207 e. The first-order valence-electron chi connectivity index (χ1n) is 7.85. The highest BCUT2D eigenvalue weighted by molar-refractivity contribution is 7.89. The molecule has 4 heteroatoms. The van der Waals surface area contributed by atoms with Gasteiger partial charge in [0.05, 0.1) is 4.90 Å². The van der Waals surface area contributed by atoms with Crippen molar-refractivity contribution < 1.29 is 8.42 Å². The molecule has 0 bridgehead atoms. The van der Waals surface area contributed by atoms with Crippen LogP contribution in [0.5, 0.6) is 0 Å². The van der Waals surface area contributed by atoms with Crippen LogP contribution >= 0.6 is 0 Å². The van der Waals surface area contributed by atoms with Crippen molar-refractivity contribution >= 4 is 10.0 Å². The van der Waals surface area contributed by atoms with Crippen LogP contribution in [0.4, 0.5) is 0 Å². The summed E-state index contributed by atoms with van der Waals surface area (Å²) in [6.45, 7) is 2.62. The van der Waals surface area contributed by atoms with Gasteiger partial charge in [-0.05, 0) is 57.6 Å². The second-order valence-electron chi connectivity index (χ2n) is 6.17. The standard InChI is InChI=1S/C17H23NO2S/c1-14-8-10-17(11-9-14)21(19,20)18-12-4-7-16(18)13-15-5-2-3-6-15/h8-11,13,16H,2-7,12H2,1H3/t16-/m0/s1. The number of hydrogen-bond acceptors (Lipinski definition) is 2. The fourth-order valence-electron chi connectivity index (χ4n) is 3.34. The molecular weight excluding hydrogens is 282 g/mol. The Hall–Kier alpha value is -1.13. The molecule has 1 saturated carbocycles. The lowest BCUT2D eigenvalue weighted by atomic mass is 10.1. The molecule has 3 rings (SSSR count). The summed E-state index contributed by atoms with van der Waals surface area (Å²) in [5.74, 6) is 0. The Kier molecular flexibility index (Phi) is 4.18. The van der Waals surface area contributed by atoms with Crippen LogP contribution in [0.1, 0.15) is 44.1 Å². The molecule has 1 heterocycles. The van der Waals surface area contributed by atoms with E-state index >= 15 is 0 Å². The van der Waals surface area contributed by atoms with Gasteiger partial charge in [0.1, 0.15) is 0 Å². The summed E-state index contributed by atoms with van der Waals surface area (Å²) < 4.78 is 27.4. The van der Waals surface area contributed by atoms with Crippen molar-refractivity contribution in [3.63, 3.8) is 0 Å². The molecule has 1 aromatic rings. The second kappa shape index (κ2) is 5.93. The molecule has 0 radical (unpaired) electrons. The summed E-state index contributed by atoms with van der Waals surface area (Å²) in [5, 5.41) is 0. The lowest BCUT2D eigenvalue weighted by Crippen LogP contribution is -2.34. The van der Waals surface area contributed by atoms with E-state index in [9.17, 15) is 8.42 Å². The predicted molar refractivity (Wildman–Crippen MR) is 84.6 cm³/mol. The van der Waals surface area contributed by atoms with E-state index in [4.69, 9.17) is 0 Å². The van der Waals surface area contributed by atoms with E-state index in [0.717, 1.165) is 31.2 Å². The molecule has 21 heavy (non-hydrogen) atoms. The number of sulfonamides is 1. The Morgan fingerprint density at radius 1 is 1.10 bits per heavy atom. The fourth-order valence-corrected chi connectivity index (χ4v) is 4.99. The van der Waals surface area contributed by atoms with Gasteiger partial charge in [0, 0.05) is 12.6 Å². The van der Waals surface area contributed by atoms with Crippen LogP contribution in [0.2, 0.25) is 0 Å². The molecule has 1 atom stereocenters. The van der Waals surface area contributed by atoms with E-state index in [2.05, 4.69) is 6.08 Å². The maximum atomic E-state index is 12.8. The van der Waals surface area contributed by atoms with E-state index in [-0.39, 0.29) is 6.04 Å². The topological polar surface area (TPSA) is 37.4 Å². The Bertz CT molecular complexity index is 623. The molecule has 2 fully saturated rings. The van der Waals surface area contributed by atoms with Crippen molar-refractivity contribution in [2.45, 2.75) is 56.4 Å². The SMILES string of the molecule is Cc1ccc(S(=O)(=O)N2CCC[C@H]2C=C2CCCC2)cc1. The summed E-state index contributed by atoms with van der Waals surface area (Å²) in [6.07, 6.45) is 8.94. The summed E-state index contributed by atoms with van der Waals surface area (Å²) in [5.41, 5.74) is 2.53. The minimum atomic E-state index is -3.36. The molecule has 3 nitrogen and oxygen atoms in total. The van der Waals surface area contributed by atoms with Crippen molar-refractivity contribution in [3.8, 4) is 0 Å². The molecule has 0 N–H and O–H groups in total. The van der Waals surface area contributed by atoms with Gasteiger partial charge < -0.3 is 0 Å². The zero-order chi connectivity index (χ0) is 14.9. The van der Waals surface area contributed by atoms with Crippen LogP contribution in [0, 0.1) is 6.92 Å². The smallest absolute Gasteiger partial charge is 0.207 e. The average molecular weight is 305 g/mol. The molecule has 1 aromatic carbocycles. The third-order valence-corrected chi connectivity index (χ3v) is 6.49. The van der Waals surface area contributed by atoms with Gasteiger partial charge in [-0.2, -0.15) is 4.31 Å². The molecular formula is C17H23NO2S. The highest BCUT2D eigenvalue weighted by atomic mass is 32.2. The lowest BCUT2D eigenvalue weighted by Gasteiger charge is -2.22. The number of allylic oxidation sites excluding steroid dienone is 1. The van der Waals surface area contributed by atoms with Gasteiger partial charge in [0.15, 0.2) is 0 Å². The van der Waals surface area contributed by atoms with Crippen molar-refractivity contribution in [2.24, 2.45) is 0 Å². The molecule has 114 valence electrons. The third-order valence-electron chi connectivity index (χ3n) is 4.55. The average Bonchev–Trinajstić information content (AvgIpc) is 3.11. The van der Waals surface area contributed by atoms with E-state index in [0.29, 0.717) is 11.4 Å². The Labute approximate surface area is 127 Å². The molecule has 1 aliphatic heterocycles. The molecule has 1 aliphatic carbocycles. The summed E-state index contributed by atoms with van der Waals surface area (Å²) in [4.78, 5) is 0.421. The predicted octanol–water partition coefficient (Wildman–Crippen LogP) is 3.65. The Morgan fingerprint density at radius 3 is 2.43 bits per heavy atom. The molecule has 0 unspecified atom stereocenters. The van der Waals surface area contributed by atoms with Crippen molar-refractivity contribution in [3.05, 3.63) is 41.5 Å². The van der Waals surface area contributed by atoms with Crippen LogP contribution in [0.3, 0.4) is 0 Å². The number of rotatable bonds is 3. The maximum absolute atomic E-state index is 12.8. The van der Waals surface area contributed by atoms with Gasteiger partial charge in [-0.3, -0.25) is 0 Å². The van der Waals surface area contributed by atoms with E-state index in [1.54, 1.807) is 16.4 Å². The van der Waals surface area contributed by atoms with Gasteiger partial charge in [0.2, 0.25) is 10.0 Å². The van der Waals surface area contributed by atoms with E-state index < -0.39 is 10.0 Å². The number of benzene rings is 1. The largest absolute Gasteiger partial charge is 0.243 e. The highest BCUT2D eigenvalue weighted by Crippen LogP contribution is 2.31. The van der Waals surface area contributed by atoms with E-state index in [1.165, 1.54) is 18.4 Å². The van der Waals surface area contributed by atoms with Crippen LogP contribution in [0.25, 0.3) is 0 Å². The van der Waals surface area contributed by atoms with Gasteiger partial charge in [-0.1, -0.05) is 29.3 Å². The normalized spacial score (nSPS) is 23.7. The first-order valence-corrected chi connectivity index (χ1v) is 9.29. The summed E-state index contributed by atoms with van der Waals surface area (Å²) in [7, 11) is -3.36. The fraction of sp³-hybridized carbons (Fsp3) is 0.529. The number of nitrogens with zero attached hydrogens (tertiary/aromatic N) is 1. The minimum absolute atomic E-state index is 0.0596. The quantitative estimate of drug-likeness (QED) is 0.799. The van der Waals surface area contributed by atoms with Crippen LogP contribution in [0.15, 0.2) is 40.8 Å². The maximum Gasteiger partial charge on any atom is 0.243 e. The van der Waals surface area contributed by atoms with Gasteiger partial charge in [-0.25, -0.2) is 8.42 Å². The zero-order valence-corrected chi connectivity index (χ0v) is 13.4. The van der Waals surface area contributed by atoms with Gasteiger partial charge in [-0.15, -0.1) is 0 Å². The number of aryl methyl sites for hydroxylation is 1. The molecule has 0 aromatic heterocycles. The lowest BCUT2D eigenvalue weighted by molar-refractivity contribution is 0.431. The van der Waals surface area contributed by atoms with E-state index in [1.807, 2.05) is 19.1 Å². The third kappa shape index (κ3) is 3.06. The monoisotopic (exact) mass is 305 g/mol. The Morgan fingerprint density at radius 2 is 1.76 bits per heavy atom. The second-order valence-corrected chi connectivity index (χ2v) is 8.06. The van der Waals surface area contributed by atoms with Crippen molar-refractivity contribution in [2.75, 3.05) is 6.54 Å². The van der Waals surface area contributed by atoms with Crippen LogP contribution < -0.4 is 0 Å². The Balaban J connectivity index is 1.86. The zero-order valence-electron chi connectivity index (χ0n) is 12.6. The van der Waals surface area contributed by atoms with Gasteiger partial charge >= 0.3 is 0 Å². The highest BCUT2D eigenvalue weighted by Gasteiger charge is 2.34. The van der Waals surface area contributed by atoms with Crippen LogP contribution in [-0.4, -0.2) is 25.3 Å². The molecule has 2 aliphatic rings. The van der Waals surface area contributed by atoms with Gasteiger partial charge in [0.25, 0.3) is 0 Å². The molecule has 1 saturated heterocycles. The van der Waals surface area contributed by atoms with Crippen molar-refractivity contribution in [1.29, 1.82) is 0 Å². The van der Waals surface area contributed by atoms with Crippen molar-refractivity contribution in [1.82, 2.24) is 4.31 Å². The molecule has 0 amide bonds. The van der Waals surface area contributed by atoms with Crippen LogP contribution in [-0.2, 0) is 10.0 Å². The summed E-state index contributed by atoms with van der Waals surface area (Å²) in [6, 6.07) is 7.25. The summed E-state index contributed by atoms with van der Waals surface area (Å²) >= 11 is 0. The number of hydrogen-bond donors (Lipinski definition) is 0. The first kappa shape index (κ1) is 14.8. The molecule has 0 spiro atoms. The first-order chi connectivity index (χ1) is 10.1.